The fraction of sp³-hybridized carbons (Fsp3) is 0.855. The molecule has 6 N–H and O–H groups in total. The molecule has 0 aromatic heterocycles. The third-order valence-corrected chi connectivity index (χ3v) is 15.9. The van der Waals surface area contributed by atoms with Crippen LogP contribution in [-0.2, 0) is 23.8 Å². The number of rotatable bonds is 59. The van der Waals surface area contributed by atoms with Crippen LogP contribution in [0.1, 0.15) is 316 Å². The number of amides is 1. The second-order valence-corrected chi connectivity index (χ2v) is 23.5. The third-order valence-electron chi connectivity index (χ3n) is 15.9. The minimum atomic E-state index is -1.57. The predicted octanol–water partition coefficient (Wildman–Crippen LogP) is 16.8. The highest BCUT2D eigenvalue weighted by atomic mass is 16.7. The zero-order valence-electron chi connectivity index (χ0n) is 51.8. The van der Waals surface area contributed by atoms with Crippen molar-refractivity contribution in [3.05, 3.63) is 48.6 Å². The molecule has 7 atom stereocenters. The van der Waals surface area contributed by atoms with Crippen molar-refractivity contribution in [2.24, 2.45) is 0 Å². The summed E-state index contributed by atoms with van der Waals surface area (Å²) in [7, 11) is 0. The van der Waals surface area contributed by atoms with E-state index in [1.54, 1.807) is 6.08 Å². The Bertz CT molecular complexity index is 1470. The number of unbranched alkanes of at least 4 members (excludes halogenated alkanes) is 39. The van der Waals surface area contributed by atoms with Crippen molar-refractivity contribution in [2.75, 3.05) is 19.8 Å². The van der Waals surface area contributed by atoms with Gasteiger partial charge in [0.05, 0.1) is 32.0 Å². The van der Waals surface area contributed by atoms with Crippen LogP contribution in [0.25, 0.3) is 0 Å². The third kappa shape index (κ3) is 47.0. The minimum Gasteiger partial charge on any atom is -0.466 e. The zero-order chi connectivity index (χ0) is 58.0. The average molecular weight is 1130 g/mol. The molecule has 0 aromatic rings. The van der Waals surface area contributed by atoms with Gasteiger partial charge in [0.25, 0.3) is 0 Å². The van der Waals surface area contributed by atoms with E-state index in [4.69, 9.17) is 14.2 Å². The summed E-state index contributed by atoms with van der Waals surface area (Å²) in [5.41, 5.74) is 0. The van der Waals surface area contributed by atoms with Gasteiger partial charge < -0.3 is 45.1 Å². The van der Waals surface area contributed by atoms with E-state index in [9.17, 15) is 35.1 Å². The molecule has 1 rings (SSSR count). The fourth-order valence-corrected chi connectivity index (χ4v) is 10.5. The number of carbonyl (C=O) groups is 2. The standard InChI is InChI=1S/C69H127NO10/c1-3-5-7-9-11-13-14-37-41-45-49-53-57-65(74)78-58-54-50-46-42-38-35-33-31-29-27-25-23-21-19-17-15-16-18-20-22-24-26-28-30-32-34-36-40-44-48-52-56-64(73)70-61(62(72)55-51-47-43-39-12-10-8-6-4-2)60-79-69-68(77)67(76)66(75)63(59-71)80-69/h11,13,17,19,23,25,51,55,61-63,66-69,71-72,75-77H,3-10,12,14-16,18,20-22,24,26-50,52-54,56-60H2,1-2H3,(H,70,73)/b13-11-,19-17-,25-23-,55-51+. The zero-order valence-corrected chi connectivity index (χ0v) is 51.8. The lowest BCUT2D eigenvalue weighted by molar-refractivity contribution is -0.302. The van der Waals surface area contributed by atoms with E-state index in [-0.39, 0.29) is 18.5 Å². The van der Waals surface area contributed by atoms with Crippen molar-refractivity contribution in [3.8, 4) is 0 Å². The van der Waals surface area contributed by atoms with Crippen molar-refractivity contribution >= 4 is 11.9 Å². The topological polar surface area (TPSA) is 175 Å². The van der Waals surface area contributed by atoms with E-state index in [1.807, 2.05) is 6.08 Å². The van der Waals surface area contributed by atoms with E-state index in [2.05, 4.69) is 55.6 Å². The Balaban J connectivity index is 1.94. The number of aliphatic hydroxyl groups is 5. The van der Waals surface area contributed by atoms with Gasteiger partial charge in [0.15, 0.2) is 6.29 Å². The first-order valence-electron chi connectivity index (χ1n) is 33.9. The van der Waals surface area contributed by atoms with Crippen molar-refractivity contribution in [2.45, 2.75) is 358 Å². The maximum absolute atomic E-state index is 13.0. The van der Waals surface area contributed by atoms with Crippen molar-refractivity contribution in [1.82, 2.24) is 5.32 Å². The summed E-state index contributed by atoms with van der Waals surface area (Å²) in [5.74, 6) is -0.188. The Morgan fingerprint density at radius 2 is 0.838 bits per heavy atom. The number of allylic oxidation sites excluding steroid dienone is 7. The quantitative estimate of drug-likeness (QED) is 0.0195. The van der Waals surface area contributed by atoms with Crippen molar-refractivity contribution in [3.63, 3.8) is 0 Å². The number of aliphatic hydroxyl groups excluding tert-OH is 5. The summed E-state index contributed by atoms with van der Waals surface area (Å²) in [4.78, 5) is 25.0. The summed E-state index contributed by atoms with van der Waals surface area (Å²) >= 11 is 0. The molecule has 0 spiro atoms. The molecule has 1 amide bonds. The molecule has 0 aliphatic carbocycles. The smallest absolute Gasteiger partial charge is 0.305 e. The molecule has 1 saturated heterocycles. The molecule has 0 radical (unpaired) electrons. The maximum Gasteiger partial charge on any atom is 0.305 e. The molecule has 1 fully saturated rings. The van der Waals surface area contributed by atoms with Gasteiger partial charge in [0, 0.05) is 12.8 Å². The van der Waals surface area contributed by atoms with E-state index in [1.165, 1.54) is 225 Å². The van der Waals surface area contributed by atoms with Gasteiger partial charge in [-0.3, -0.25) is 9.59 Å². The van der Waals surface area contributed by atoms with Gasteiger partial charge in [-0.2, -0.15) is 0 Å². The highest BCUT2D eigenvalue weighted by Crippen LogP contribution is 2.23. The summed E-state index contributed by atoms with van der Waals surface area (Å²) in [6.07, 6.45) is 65.4. The van der Waals surface area contributed by atoms with Crippen LogP contribution in [0, 0.1) is 0 Å². The lowest BCUT2D eigenvalue weighted by Gasteiger charge is -2.40. The van der Waals surface area contributed by atoms with Crippen LogP contribution in [0.3, 0.4) is 0 Å². The Labute approximate surface area is 491 Å². The first kappa shape index (κ1) is 75.6. The number of nitrogens with one attached hydrogen (secondary N) is 1. The average Bonchev–Trinajstić information content (AvgIpc) is 3.46. The van der Waals surface area contributed by atoms with E-state index >= 15 is 0 Å². The van der Waals surface area contributed by atoms with Gasteiger partial charge in [-0.25, -0.2) is 0 Å². The molecule has 7 unspecified atom stereocenters. The van der Waals surface area contributed by atoms with E-state index in [0.29, 0.717) is 19.4 Å². The number of hydrogen-bond donors (Lipinski definition) is 6. The first-order valence-corrected chi connectivity index (χ1v) is 33.9. The lowest BCUT2D eigenvalue weighted by atomic mass is 9.99. The van der Waals surface area contributed by atoms with Crippen LogP contribution >= 0.6 is 0 Å². The van der Waals surface area contributed by atoms with Crippen LogP contribution in [-0.4, -0.2) is 100 Å². The fourth-order valence-electron chi connectivity index (χ4n) is 10.5. The summed E-state index contributed by atoms with van der Waals surface area (Å²) in [6.45, 7) is 4.30. The minimum absolute atomic E-state index is 0.00516. The molecule has 11 nitrogen and oxygen atoms in total. The van der Waals surface area contributed by atoms with Gasteiger partial charge in [-0.1, -0.05) is 262 Å². The Morgan fingerprint density at radius 1 is 0.463 bits per heavy atom. The maximum atomic E-state index is 13.0. The normalized spacial score (nSPS) is 18.6. The van der Waals surface area contributed by atoms with Crippen molar-refractivity contribution in [1.29, 1.82) is 0 Å². The number of ether oxygens (including phenoxy) is 3. The molecular weight excluding hydrogens is 1000 g/mol. The Hall–Kier alpha value is -2.38. The number of esters is 1. The second kappa shape index (κ2) is 58.4. The van der Waals surface area contributed by atoms with Crippen LogP contribution < -0.4 is 5.32 Å². The number of carbonyl (C=O) groups excluding carboxylic acids is 2. The van der Waals surface area contributed by atoms with Gasteiger partial charge >= 0.3 is 5.97 Å². The van der Waals surface area contributed by atoms with E-state index in [0.717, 1.165) is 64.2 Å². The Morgan fingerprint density at radius 3 is 1.30 bits per heavy atom. The van der Waals surface area contributed by atoms with Gasteiger partial charge in [0.1, 0.15) is 24.4 Å². The van der Waals surface area contributed by atoms with Crippen LogP contribution in [0.4, 0.5) is 0 Å². The Kier molecular flexibility index (Phi) is 55.2. The molecule has 468 valence electrons. The summed E-state index contributed by atoms with van der Waals surface area (Å²) in [5, 5.41) is 54.3. The molecule has 1 heterocycles. The molecular formula is C69H127NO10. The predicted molar refractivity (Wildman–Crippen MR) is 334 cm³/mol. The first-order chi connectivity index (χ1) is 39.2. The molecule has 11 heteroatoms. The molecule has 1 aliphatic heterocycles. The summed E-state index contributed by atoms with van der Waals surface area (Å²) < 4.78 is 16.7. The molecule has 1 aliphatic rings. The molecule has 0 aromatic carbocycles. The van der Waals surface area contributed by atoms with Crippen LogP contribution in [0.5, 0.6) is 0 Å². The highest BCUT2D eigenvalue weighted by Gasteiger charge is 2.44. The van der Waals surface area contributed by atoms with Crippen molar-refractivity contribution < 1.29 is 49.3 Å². The van der Waals surface area contributed by atoms with Gasteiger partial charge in [0.2, 0.25) is 5.91 Å². The molecule has 0 saturated carbocycles. The second-order valence-electron chi connectivity index (χ2n) is 23.5. The summed E-state index contributed by atoms with van der Waals surface area (Å²) in [6, 6.07) is -0.808. The lowest BCUT2D eigenvalue weighted by Crippen LogP contribution is -2.60. The largest absolute Gasteiger partial charge is 0.466 e. The van der Waals surface area contributed by atoms with Crippen LogP contribution in [0.15, 0.2) is 48.6 Å². The van der Waals surface area contributed by atoms with E-state index < -0.39 is 49.5 Å². The SMILES string of the molecule is CCCCC/C=C\CCCCCCCC(=O)OCCCCCCCCCCC/C=C\C/C=C\CCCCCCCCCCCCCCCCCC(=O)NC(COC1OC(CO)C(O)C(O)C1O)C(O)/C=C/CCCCCCCCC. The molecule has 80 heavy (non-hydrogen) atoms. The van der Waals surface area contributed by atoms with Gasteiger partial charge in [-0.15, -0.1) is 0 Å². The monoisotopic (exact) mass is 1130 g/mol. The highest BCUT2D eigenvalue weighted by molar-refractivity contribution is 5.76. The number of hydrogen-bond acceptors (Lipinski definition) is 10. The van der Waals surface area contributed by atoms with Gasteiger partial charge in [-0.05, 0) is 89.9 Å². The molecule has 0 bridgehead atoms. The van der Waals surface area contributed by atoms with Crippen LogP contribution in [0.2, 0.25) is 0 Å².